The van der Waals surface area contributed by atoms with E-state index in [0.717, 1.165) is 31.6 Å². The third kappa shape index (κ3) is 2.92. The van der Waals surface area contributed by atoms with E-state index in [-0.39, 0.29) is 0 Å². The highest BCUT2D eigenvalue weighted by Crippen LogP contribution is 2.19. The van der Waals surface area contributed by atoms with Crippen molar-refractivity contribution in [3.05, 3.63) is 31.2 Å². The van der Waals surface area contributed by atoms with Gasteiger partial charge in [0.15, 0.2) is 0 Å². The SMILES string of the molecule is CNc1nc(Cc2csc(C)n2)nc(C)c1I. The topological polar surface area (TPSA) is 50.7 Å². The van der Waals surface area contributed by atoms with Crippen LogP contribution in [0.25, 0.3) is 0 Å². The molecule has 0 aliphatic rings. The van der Waals surface area contributed by atoms with Crippen molar-refractivity contribution in [1.82, 2.24) is 15.0 Å². The zero-order valence-corrected chi connectivity index (χ0v) is 12.9. The second-order valence-electron chi connectivity index (χ2n) is 3.67. The van der Waals surface area contributed by atoms with Gasteiger partial charge in [0.25, 0.3) is 0 Å². The fourth-order valence-electron chi connectivity index (χ4n) is 1.51. The van der Waals surface area contributed by atoms with Gasteiger partial charge >= 0.3 is 0 Å². The molecule has 17 heavy (non-hydrogen) atoms. The second kappa shape index (κ2) is 5.26. The number of anilines is 1. The van der Waals surface area contributed by atoms with Gasteiger partial charge in [-0.1, -0.05) is 0 Å². The number of aromatic nitrogens is 3. The van der Waals surface area contributed by atoms with Gasteiger partial charge in [-0.25, -0.2) is 15.0 Å². The summed E-state index contributed by atoms with van der Waals surface area (Å²) in [4.78, 5) is 13.4. The number of aryl methyl sites for hydroxylation is 2. The van der Waals surface area contributed by atoms with Crippen molar-refractivity contribution >= 4 is 39.7 Å². The third-order valence-electron chi connectivity index (χ3n) is 2.31. The average molecular weight is 360 g/mol. The van der Waals surface area contributed by atoms with Crippen LogP contribution in [0.5, 0.6) is 0 Å². The summed E-state index contributed by atoms with van der Waals surface area (Å²) in [5.41, 5.74) is 2.04. The molecule has 4 nitrogen and oxygen atoms in total. The van der Waals surface area contributed by atoms with Crippen LogP contribution >= 0.6 is 33.9 Å². The molecule has 0 aliphatic carbocycles. The van der Waals surface area contributed by atoms with Crippen molar-refractivity contribution in [2.24, 2.45) is 0 Å². The van der Waals surface area contributed by atoms with Crippen LogP contribution in [0.4, 0.5) is 5.82 Å². The van der Waals surface area contributed by atoms with E-state index in [1.165, 1.54) is 0 Å². The van der Waals surface area contributed by atoms with Crippen LogP contribution < -0.4 is 5.32 Å². The first-order valence-electron chi connectivity index (χ1n) is 5.22. The van der Waals surface area contributed by atoms with E-state index < -0.39 is 0 Å². The van der Waals surface area contributed by atoms with Gasteiger partial charge in [-0.05, 0) is 36.4 Å². The minimum absolute atomic E-state index is 0.691. The van der Waals surface area contributed by atoms with Crippen molar-refractivity contribution in [2.75, 3.05) is 12.4 Å². The second-order valence-corrected chi connectivity index (χ2v) is 5.81. The molecule has 0 bridgehead atoms. The van der Waals surface area contributed by atoms with Gasteiger partial charge in [-0.3, -0.25) is 0 Å². The van der Waals surface area contributed by atoms with E-state index >= 15 is 0 Å². The van der Waals surface area contributed by atoms with Gasteiger partial charge < -0.3 is 5.32 Å². The van der Waals surface area contributed by atoms with E-state index in [4.69, 9.17) is 0 Å². The van der Waals surface area contributed by atoms with Crippen molar-refractivity contribution in [1.29, 1.82) is 0 Å². The molecule has 0 spiro atoms. The van der Waals surface area contributed by atoms with Gasteiger partial charge in [0, 0.05) is 12.4 Å². The Balaban J connectivity index is 2.30. The minimum Gasteiger partial charge on any atom is -0.372 e. The van der Waals surface area contributed by atoms with E-state index in [2.05, 4.69) is 48.2 Å². The van der Waals surface area contributed by atoms with E-state index in [1.54, 1.807) is 11.3 Å². The Morgan fingerprint density at radius 3 is 2.65 bits per heavy atom. The van der Waals surface area contributed by atoms with Gasteiger partial charge in [0.05, 0.1) is 26.4 Å². The van der Waals surface area contributed by atoms with E-state index in [9.17, 15) is 0 Å². The Morgan fingerprint density at radius 2 is 2.06 bits per heavy atom. The Kier molecular flexibility index (Phi) is 3.93. The zero-order valence-electron chi connectivity index (χ0n) is 9.91. The highest BCUT2D eigenvalue weighted by atomic mass is 127. The minimum atomic E-state index is 0.691. The predicted octanol–water partition coefficient (Wildman–Crippen LogP) is 2.79. The molecule has 2 heterocycles. The largest absolute Gasteiger partial charge is 0.372 e. The highest BCUT2D eigenvalue weighted by molar-refractivity contribution is 14.1. The first-order chi connectivity index (χ1) is 8.10. The van der Waals surface area contributed by atoms with Crippen molar-refractivity contribution in [3.63, 3.8) is 0 Å². The Bertz CT molecular complexity index is 538. The maximum Gasteiger partial charge on any atom is 0.143 e. The molecule has 6 heteroatoms. The molecule has 0 saturated carbocycles. The van der Waals surface area contributed by atoms with Gasteiger partial charge in [-0.15, -0.1) is 11.3 Å². The molecular weight excluding hydrogens is 347 g/mol. The molecule has 2 aromatic heterocycles. The summed E-state index contributed by atoms with van der Waals surface area (Å²) in [7, 11) is 1.88. The number of rotatable bonds is 3. The van der Waals surface area contributed by atoms with Crippen LogP contribution in [0.2, 0.25) is 0 Å². The number of hydrogen-bond acceptors (Lipinski definition) is 5. The number of hydrogen-bond donors (Lipinski definition) is 1. The molecule has 0 saturated heterocycles. The van der Waals surface area contributed by atoms with Crippen LogP contribution in [0.15, 0.2) is 5.38 Å². The third-order valence-corrected chi connectivity index (χ3v) is 4.42. The molecule has 0 unspecified atom stereocenters. The molecule has 2 rings (SSSR count). The summed E-state index contributed by atoms with van der Waals surface area (Å²) < 4.78 is 1.07. The lowest BCUT2D eigenvalue weighted by Crippen LogP contribution is -2.06. The van der Waals surface area contributed by atoms with Crippen LogP contribution in [0.3, 0.4) is 0 Å². The molecule has 0 amide bonds. The summed E-state index contributed by atoms with van der Waals surface area (Å²) in [5, 5.41) is 6.23. The predicted molar refractivity (Wildman–Crippen MR) is 78.7 cm³/mol. The van der Waals surface area contributed by atoms with Crippen LogP contribution in [0.1, 0.15) is 22.2 Å². The monoisotopic (exact) mass is 360 g/mol. The summed E-state index contributed by atoms with van der Waals surface area (Å²) >= 11 is 3.91. The fraction of sp³-hybridized carbons (Fsp3) is 0.364. The lowest BCUT2D eigenvalue weighted by Gasteiger charge is -2.07. The summed E-state index contributed by atoms with van der Waals surface area (Å²) in [6.07, 6.45) is 0.691. The molecule has 90 valence electrons. The van der Waals surface area contributed by atoms with Crippen LogP contribution in [-0.4, -0.2) is 22.0 Å². The first-order valence-corrected chi connectivity index (χ1v) is 7.17. The smallest absolute Gasteiger partial charge is 0.143 e. The maximum absolute atomic E-state index is 4.49. The number of nitrogens with one attached hydrogen (secondary N) is 1. The Labute approximate surface area is 118 Å². The van der Waals surface area contributed by atoms with Gasteiger partial charge in [0.1, 0.15) is 11.6 Å². The fourth-order valence-corrected chi connectivity index (χ4v) is 2.64. The molecule has 0 aromatic carbocycles. The maximum atomic E-state index is 4.49. The lowest BCUT2D eigenvalue weighted by molar-refractivity contribution is 0.915. The molecule has 0 fully saturated rings. The molecule has 1 N–H and O–H groups in total. The summed E-state index contributed by atoms with van der Waals surface area (Å²) in [6.45, 7) is 4.01. The number of halogens is 1. The molecular formula is C11H13IN4S. The Hall–Kier alpha value is -0.760. The normalized spacial score (nSPS) is 10.6. The van der Waals surface area contributed by atoms with Crippen molar-refractivity contribution in [3.8, 4) is 0 Å². The number of thiazole rings is 1. The lowest BCUT2D eigenvalue weighted by atomic mass is 10.3. The Morgan fingerprint density at radius 1 is 1.29 bits per heavy atom. The van der Waals surface area contributed by atoms with E-state index in [1.807, 2.05) is 20.9 Å². The zero-order chi connectivity index (χ0) is 12.4. The van der Waals surface area contributed by atoms with Crippen LogP contribution in [0, 0.1) is 17.4 Å². The molecule has 2 aromatic rings. The highest BCUT2D eigenvalue weighted by Gasteiger charge is 2.09. The molecule has 0 aliphatic heterocycles. The van der Waals surface area contributed by atoms with Crippen molar-refractivity contribution < 1.29 is 0 Å². The standard InChI is InChI=1S/C11H13IN4S/c1-6-10(12)11(13-3)16-9(14-6)4-8-5-17-7(2)15-8/h5H,4H2,1-3H3,(H,13,14,16). The quantitative estimate of drug-likeness (QED) is 0.856. The summed E-state index contributed by atoms with van der Waals surface area (Å²) in [5.74, 6) is 1.71. The first kappa shape index (κ1) is 12.7. The van der Waals surface area contributed by atoms with Gasteiger partial charge in [-0.2, -0.15) is 0 Å². The van der Waals surface area contributed by atoms with Crippen LogP contribution in [-0.2, 0) is 6.42 Å². The van der Waals surface area contributed by atoms with Gasteiger partial charge in [0.2, 0.25) is 0 Å². The average Bonchev–Trinajstić information content (AvgIpc) is 2.69. The molecule has 0 atom stereocenters. The number of nitrogens with zero attached hydrogens (tertiary/aromatic N) is 3. The summed E-state index contributed by atoms with van der Waals surface area (Å²) in [6, 6.07) is 0. The molecule has 0 radical (unpaired) electrons. The van der Waals surface area contributed by atoms with E-state index in [0.29, 0.717) is 6.42 Å². The van der Waals surface area contributed by atoms with Crippen molar-refractivity contribution in [2.45, 2.75) is 20.3 Å².